The number of carboxylic acid groups (broad SMARTS) is 1. The molecule has 0 heterocycles. The number of carbonyl (C=O) groups is 2. The Bertz CT molecular complexity index is 2490. The Balaban J connectivity index is 0. The molecule has 9 atom stereocenters. The van der Waals surface area contributed by atoms with Crippen molar-refractivity contribution in [2.45, 2.75) is 255 Å². The number of ether oxygens (including phenoxy) is 1. The smallest absolute Gasteiger partial charge is 0.437 e. The minimum atomic E-state index is -6.28. The van der Waals surface area contributed by atoms with Crippen LogP contribution in [0, 0.1) is 46.8 Å². The van der Waals surface area contributed by atoms with Gasteiger partial charge in [0.2, 0.25) is 11.3 Å². The van der Waals surface area contributed by atoms with Crippen molar-refractivity contribution in [2.24, 2.45) is 46.8 Å². The Labute approximate surface area is 534 Å². The predicted octanol–water partition coefficient (Wildman–Crippen LogP) is 19.1. The molecule has 2 bridgehead atoms. The second-order valence-corrected chi connectivity index (χ2v) is 28.5. The molecule has 0 radical (unpaired) electrons. The van der Waals surface area contributed by atoms with Crippen molar-refractivity contribution in [3.63, 3.8) is 0 Å². The van der Waals surface area contributed by atoms with Crippen LogP contribution in [0.25, 0.3) is 0 Å². The maximum atomic E-state index is 13.9. The third kappa shape index (κ3) is 19.0. The predicted molar refractivity (Wildman–Crippen MR) is 294 cm³/mol. The number of halogens is 26. The standard InChI is InChI=1S/C17H20F12O3.C14H22F6O3Si.C10H14O.C9H10F8O.C6H12O2.2CH4/c1-3-8(2)11(30)32-13(16(24,25)26,17(27,28)29)10-6-4-9(5-7-10)12(31,14(18,19)20)15(21,22)23;1-22-24(3,23-2)11-6-8-4-9(11)5-10(8)7-12(21,13(15,16)17)14(18,19)20;1-3-8(2)9-4-6-10(11)7-5-9;1-4-3-6(18,9(15,16)17)8(13,14)7(4,12)5(2,10)11;1-4-6(2,3)5(7)8;;/h8-10,31H,3-7H2,1-2H3;8-11,21H,4-7H2,1-3H3;4-8,11H,3H2,1-2H3;4,18H,3H2,1-2H3;4H2,1-3H3,(H,7,8);2*1H4. The molecule has 1 aromatic rings. The minimum absolute atomic E-state index is 0. The van der Waals surface area contributed by atoms with Crippen molar-refractivity contribution in [1.29, 1.82) is 0 Å². The van der Waals surface area contributed by atoms with E-state index in [1.165, 1.54) is 26.7 Å². The highest BCUT2D eigenvalue weighted by molar-refractivity contribution is 6.67. The highest BCUT2D eigenvalue weighted by Gasteiger charge is 2.88. The molecule has 0 aromatic heterocycles. The number of phenolic OH excluding ortho intramolecular Hbond substituents is 1. The van der Waals surface area contributed by atoms with Gasteiger partial charge in [-0.05, 0) is 139 Å². The first-order chi connectivity index (χ1) is 41.2. The van der Waals surface area contributed by atoms with E-state index in [0.717, 1.165) is 13.3 Å². The van der Waals surface area contributed by atoms with Crippen molar-refractivity contribution in [3.8, 4) is 5.75 Å². The van der Waals surface area contributed by atoms with Gasteiger partial charge in [0.05, 0.1) is 11.3 Å². The van der Waals surface area contributed by atoms with Crippen LogP contribution in [-0.4, -0.2) is 143 Å². The van der Waals surface area contributed by atoms with Crippen molar-refractivity contribution in [1.82, 2.24) is 0 Å². The topological polar surface area (TPSA) is 163 Å². The van der Waals surface area contributed by atoms with Gasteiger partial charge >= 0.3 is 75.3 Å². The van der Waals surface area contributed by atoms with E-state index in [2.05, 4.69) is 18.6 Å². The zero-order valence-electron chi connectivity index (χ0n) is 52.1. The van der Waals surface area contributed by atoms with Crippen LogP contribution >= 0.6 is 0 Å². The summed E-state index contributed by atoms with van der Waals surface area (Å²) < 4.78 is 356. The Morgan fingerprint density at radius 2 is 1.04 bits per heavy atom. The highest BCUT2D eigenvalue weighted by atomic mass is 28.4. The lowest BCUT2D eigenvalue weighted by molar-refractivity contribution is -0.399. The number of alkyl halides is 26. The molecule has 95 heavy (non-hydrogen) atoms. The lowest BCUT2D eigenvalue weighted by Gasteiger charge is -2.47. The summed E-state index contributed by atoms with van der Waals surface area (Å²) >= 11 is 0. The number of carboxylic acids is 1. The molecule has 1 aromatic carbocycles. The van der Waals surface area contributed by atoms with Crippen LogP contribution in [-0.2, 0) is 23.2 Å². The normalized spacial score (nSPS) is 26.1. The van der Waals surface area contributed by atoms with Crippen molar-refractivity contribution in [3.05, 3.63) is 29.8 Å². The summed E-state index contributed by atoms with van der Waals surface area (Å²) in [5.74, 6) is -22.3. The summed E-state index contributed by atoms with van der Waals surface area (Å²) in [7, 11) is 0.552. The molecule has 10 nitrogen and oxygen atoms in total. The zero-order chi connectivity index (χ0) is 73.9. The summed E-state index contributed by atoms with van der Waals surface area (Å²) in [6.07, 6.45) is -48.6. The lowest BCUT2D eigenvalue weighted by atomic mass is 9.67. The molecule has 0 aliphatic heterocycles. The van der Waals surface area contributed by atoms with Crippen LogP contribution in [0.3, 0.4) is 0 Å². The van der Waals surface area contributed by atoms with E-state index in [0.29, 0.717) is 37.9 Å². The number of benzene rings is 1. The first-order valence-corrected chi connectivity index (χ1v) is 31.1. The average Bonchev–Trinajstić information content (AvgIpc) is 1.57. The largest absolute Gasteiger partial charge is 0.508 e. The second-order valence-electron chi connectivity index (χ2n) is 24.9. The Morgan fingerprint density at radius 3 is 1.31 bits per heavy atom. The number of aliphatic hydroxyl groups is 3. The fourth-order valence-corrected chi connectivity index (χ4v) is 14.4. The van der Waals surface area contributed by atoms with Gasteiger partial charge in [-0.25, -0.2) is 13.2 Å². The van der Waals surface area contributed by atoms with Gasteiger partial charge in [0.15, 0.2) is 0 Å². The molecule has 4 fully saturated rings. The summed E-state index contributed by atoms with van der Waals surface area (Å²) in [5, 5.41) is 45.2. The molecule has 9 unspecified atom stereocenters. The van der Waals surface area contributed by atoms with E-state index >= 15 is 0 Å². The fraction of sp³-hybridized carbons (Fsp3) is 0.862. The monoisotopic (exact) mass is 1460 g/mol. The highest BCUT2D eigenvalue weighted by Crippen LogP contribution is 2.66. The van der Waals surface area contributed by atoms with E-state index in [1.54, 1.807) is 26.0 Å². The molecule has 4 saturated carbocycles. The maximum absolute atomic E-state index is 13.9. The van der Waals surface area contributed by atoms with Crippen molar-refractivity contribution < 1.29 is 163 Å². The van der Waals surface area contributed by atoms with Gasteiger partial charge in [-0.15, -0.1) is 0 Å². The lowest BCUT2D eigenvalue weighted by Crippen LogP contribution is -2.66. The van der Waals surface area contributed by atoms with Crippen LogP contribution in [0.5, 0.6) is 5.75 Å². The number of carbonyl (C=O) groups excluding carboxylic acids is 1. The van der Waals surface area contributed by atoms with Gasteiger partial charge in [-0.3, -0.25) is 9.59 Å². The number of fused-ring (bicyclic) bond motifs is 2. The Hall–Kier alpha value is -3.84. The Kier molecular flexibility index (Phi) is 31.2. The summed E-state index contributed by atoms with van der Waals surface area (Å²) in [6, 6.07) is 7.43. The van der Waals surface area contributed by atoms with Gasteiger partial charge in [0.1, 0.15) is 5.75 Å². The van der Waals surface area contributed by atoms with E-state index in [9.17, 15) is 134 Å². The van der Waals surface area contributed by atoms with Crippen LogP contribution in [0.15, 0.2) is 24.3 Å². The first kappa shape index (κ1) is 93.2. The Morgan fingerprint density at radius 1 is 0.632 bits per heavy atom. The zero-order valence-corrected chi connectivity index (χ0v) is 53.1. The van der Waals surface area contributed by atoms with E-state index in [1.807, 2.05) is 25.6 Å². The number of esters is 1. The van der Waals surface area contributed by atoms with Gasteiger partial charge in [-0.2, -0.15) is 101 Å². The number of rotatable bonds is 15. The molecular formula is C58H86F26O10Si. The van der Waals surface area contributed by atoms with Crippen LogP contribution in [0.1, 0.15) is 166 Å². The number of phenols is 1. The third-order valence-electron chi connectivity index (χ3n) is 18.8. The van der Waals surface area contributed by atoms with Gasteiger partial charge in [0.25, 0.3) is 17.1 Å². The second kappa shape index (κ2) is 31.8. The summed E-state index contributed by atoms with van der Waals surface area (Å²) in [6.45, 7) is 14.0. The molecular weight excluding hydrogens is 1380 g/mol. The molecule has 0 amide bonds. The molecule has 564 valence electrons. The average molecular weight is 1470 g/mol. The quantitative estimate of drug-likeness (QED) is 0.0649. The van der Waals surface area contributed by atoms with Crippen LogP contribution in [0.2, 0.25) is 12.1 Å². The first-order valence-electron chi connectivity index (χ1n) is 28.7. The third-order valence-corrected chi connectivity index (χ3v) is 22.4. The SMILES string of the molecule is C.C.CC1CC(O)(C(F)(F)F)C(F)(F)C1(F)C(C)(F)F.CCC(C)(C)C(=O)O.CCC(C)C(=O)OC(C1CCC(C(O)(C(F)(F)F)C(F)(F)F)CC1)(C(F)(F)F)C(F)(F)F.CCC(C)c1ccc(O)cc1.CO[Si](C)(OC)C1CC2CC1CC2CC(O)(C(F)(F)F)C(F)(F)F. The van der Waals surface area contributed by atoms with Crippen LogP contribution in [0.4, 0.5) is 114 Å². The summed E-state index contributed by atoms with van der Waals surface area (Å²) in [5.41, 5.74) is -23.8. The van der Waals surface area contributed by atoms with Crippen molar-refractivity contribution in [2.75, 3.05) is 14.2 Å². The van der Waals surface area contributed by atoms with E-state index in [4.69, 9.17) is 24.2 Å². The maximum Gasteiger partial charge on any atom is 0.437 e. The number of aliphatic carboxylic acids is 1. The van der Waals surface area contributed by atoms with E-state index < -0.39 is 177 Å². The van der Waals surface area contributed by atoms with E-state index in [-0.39, 0.29) is 52.0 Å². The molecule has 37 heteroatoms. The van der Waals surface area contributed by atoms with Crippen molar-refractivity contribution >= 4 is 20.5 Å². The summed E-state index contributed by atoms with van der Waals surface area (Å²) in [4.78, 5) is 22.1. The molecule has 4 aliphatic rings. The number of aromatic hydroxyl groups is 1. The molecule has 5 rings (SSSR count). The van der Waals surface area contributed by atoms with Gasteiger partial charge in [0, 0.05) is 44.4 Å². The van der Waals surface area contributed by atoms with Crippen LogP contribution < -0.4 is 0 Å². The molecule has 0 spiro atoms. The van der Waals surface area contributed by atoms with Gasteiger partial charge in [-0.1, -0.05) is 68.5 Å². The minimum Gasteiger partial charge on any atom is -0.508 e. The number of hydrogen-bond acceptors (Lipinski definition) is 9. The molecule has 0 saturated heterocycles. The van der Waals surface area contributed by atoms with Gasteiger partial charge < -0.3 is 39.1 Å². The molecule has 4 aliphatic carbocycles. The number of hydrogen-bond donors (Lipinski definition) is 5. The molecule has 5 N–H and O–H groups in total. The fourth-order valence-electron chi connectivity index (χ4n) is 11.7.